The minimum absolute atomic E-state index is 0.588. The molecule has 4 heterocycles. The number of rotatable bonds is 7. The largest absolute Gasteiger partial charge is 0.464 e. The van der Waals surface area contributed by atoms with Crippen LogP contribution >= 0.6 is 11.3 Å². The highest BCUT2D eigenvalue weighted by atomic mass is 32.1. The Labute approximate surface area is 179 Å². The third-order valence-corrected chi connectivity index (χ3v) is 6.52. The molecule has 0 unspecified atom stereocenters. The second-order valence-corrected chi connectivity index (χ2v) is 8.70. The van der Waals surface area contributed by atoms with Crippen molar-refractivity contribution in [2.45, 2.75) is 26.3 Å². The Hall–Kier alpha value is -2.48. The molecule has 4 aromatic rings. The Morgan fingerprint density at radius 2 is 2.13 bits per heavy atom. The molecule has 1 saturated heterocycles. The van der Waals surface area contributed by atoms with E-state index in [0.717, 1.165) is 54.3 Å². The molecular formula is C23H25N3O3S. The van der Waals surface area contributed by atoms with Crippen molar-refractivity contribution in [3.63, 3.8) is 0 Å². The number of ether oxygens (including phenoxy) is 2. The molecule has 0 spiro atoms. The lowest BCUT2D eigenvalue weighted by atomic mass is 9.97. The quantitative estimate of drug-likeness (QED) is 0.392. The molecule has 0 bridgehead atoms. The van der Waals surface area contributed by atoms with Crippen LogP contribution in [0.1, 0.15) is 25.3 Å². The lowest BCUT2D eigenvalue weighted by Gasteiger charge is -2.31. The van der Waals surface area contributed by atoms with E-state index in [-0.39, 0.29) is 0 Å². The SMILES string of the molecule is CCOCC1CCN(Cc2coc3cc(Oc4nc5ncccc5s4)ccc23)CC1. The molecule has 30 heavy (non-hydrogen) atoms. The van der Waals surface area contributed by atoms with E-state index in [2.05, 4.69) is 27.9 Å². The van der Waals surface area contributed by atoms with E-state index >= 15 is 0 Å². The molecule has 7 heteroatoms. The maximum Gasteiger partial charge on any atom is 0.281 e. The van der Waals surface area contributed by atoms with Gasteiger partial charge in [-0.05, 0) is 63.0 Å². The summed E-state index contributed by atoms with van der Waals surface area (Å²) in [6, 6.07) is 9.90. The maximum absolute atomic E-state index is 5.96. The predicted octanol–water partition coefficient (Wildman–Crippen LogP) is 5.48. The third kappa shape index (κ3) is 4.19. The minimum atomic E-state index is 0.588. The van der Waals surface area contributed by atoms with Crippen LogP contribution < -0.4 is 4.74 Å². The number of piperidine rings is 1. The fraction of sp³-hybridized carbons (Fsp3) is 0.391. The molecule has 1 aliphatic rings. The van der Waals surface area contributed by atoms with Crippen LogP contribution in [-0.2, 0) is 11.3 Å². The van der Waals surface area contributed by atoms with Gasteiger partial charge in [-0.1, -0.05) is 11.3 Å². The van der Waals surface area contributed by atoms with Gasteiger partial charge in [-0.15, -0.1) is 0 Å². The molecule has 6 nitrogen and oxygen atoms in total. The zero-order valence-corrected chi connectivity index (χ0v) is 17.9. The number of aromatic nitrogens is 2. The number of pyridine rings is 1. The number of furan rings is 1. The number of nitrogens with zero attached hydrogens (tertiary/aromatic N) is 3. The Balaban J connectivity index is 1.25. The minimum Gasteiger partial charge on any atom is -0.464 e. The van der Waals surface area contributed by atoms with Gasteiger partial charge in [-0.3, -0.25) is 4.90 Å². The summed E-state index contributed by atoms with van der Waals surface area (Å²) >= 11 is 1.49. The highest BCUT2D eigenvalue weighted by Gasteiger charge is 2.20. The van der Waals surface area contributed by atoms with Gasteiger partial charge in [0.15, 0.2) is 5.65 Å². The monoisotopic (exact) mass is 423 g/mol. The molecule has 0 aliphatic carbocycles. The number of hydrogen-bond acceptors (Lipinski definition) is 7. The normalized spacial score (nSPS) is 15.9. The first-order chi connectivity index (χ1) is 14.8. The summed E-state index contributed by atoms with van der Waals surface area (Å²) in [6.07, 6.45) is 6.02. The van der Waals surface area contributed by atoms with Crippen molar-refractivity contribution in [2.24, 2.45) is 5.92 Å². The van der Waals surface area contributed by atoms with Crippen molar-refractivity contribution in [3.8, 4) is 10.9 Å². The van der Waals surface area contributed by atoms with Crippen molar-refractivity contribution < 1.29 is 13.9 Å². The highest BCUT2D eigenvalue weighted by Crippen LogP contribution is 2.33. The van der Waals surface area contributed by atoms with Crippen molar-refractivity contribution in [1.82, 2.24) is 14.9 Å². The number of likely N-dealkylation sites (tertiary alicyclic amines) is 1. The maximum atomic E-state index is 5.96. The van der Waals surface area contributed by atoms with E-state index in [1.54, 1.807) is 6.20 Å². The summed E-state index contributed by atoms with van der Waals surface area (Å²) in [5.74, 6) is 1.42. The molecule has 5 rings (SSSR count). The van der Waals surface area contributed by atoms with Crippen molar-refractivity contribution in [1.29, 1.82) is 0 Å². The lowest BCUT2D eigenvalue weighted by Crippen LogP contribution is -2.34. The van der Waals surface area contributed by atoms with Gasteiger partial charge in [0.05, 0.1) is 11.0 Å². The van der Waals surface area contributed by atoms with Gasteiger partial charge >= 0.3 is 0 Å². The van der Waals surface area contributed by atoms with Crippen LogP contribution in [0.25, 0.3) is 21.3 Å². The first kappa shape index (κ1) is 19.5. The van der Waals surface area contributed by atoms with Gasteiger partial charge in [0.2, 0.25) is 0 Å². The van der Waals surface area contributed by atoms with Gasteiger partial charge in [-0.2, -0.15) is 4.98 Å². The molecule has 0 N–H and O–H groups in total. The summed E-state index contributed by atoms with van der Waals surface area (Å²) < 4.78 is 18.4. The Morgan fingerprint density at radius 3 is 2.97 bits per heavy atom. The van der Waals surface area contributed by atoms with E-state index in [9.17, 15) is 0 Å². The van der Waals surface area contributed by atoms with Gasteiger partial charge in [0.1, 0.15) is 11.3 Å². The van der Waals surface area contributed by atoms with Crippen LogP contribution in [0.2, 0.25) is 0 Å². The molecule has 3 aromatic heterocycles. The van der Waals surface area contributed by atoms with Crippen LogP contribution in [-0.4, -0.2) is 41.2 Å². The Bertz CT molecular complexity index is 1100. The highest BCUT2D eigenvalue weighted by molar-refractivity contribution is 7.20. The first-order valence-corrected chi connectivity index (χ1v) is 11.3. The second kappa shape index (κ2) is 8.71. The van der Waals surface area contributed by atoms with Crippen LogP contribution in [0.15, 0.2) is 47.2 Å². The Kier molecular flexibility index (Phi) is 5.66. The summed E-state index contributed by atoms with van der Waals surface area (Å²) in [5, 5.41) is 1.73. The number of benzene rings is 1. The van der Waals surface area contributed by atoms with Gasteiger partial charge in [-0.25, -0.2) is 4.98 Å². The predicted molar refractivity (Wildman–Crippen MR) is 118 cm³/mol. The average Bonchev–Trinajstić information content (AvgIpc) is 3.36. The van der Waals surface area contributed by atoms with E-state index in [4.69, 9.17) is 13.9 Å². The van der Waals surface area contributed by atoms with E-state index in [1.165, 1.54) is 29.7 Å². The van der Waals surface area contributed by atoms with Gasteiger partial charge < -0.3 is 13.9 Å². The summed E-state index contributed by atoms with van der Waals surface area (Å²) in [5.41, 5.74) is 2.78. The molecule has 0 radical (unpaired) electrons. The second-order valence-electron chi connectivity index (χ2n) is 7.70. The molecule has 0 saturated carbocycles. The van der Waals surface area contributed by atoms with Crippen molar-refractivity contribution in [3.05, 3.63) is 48.4 Å². The zero-order chi connectivity index (χ0) is 20.3. The Morgan fingerprint density at radius 1 is 1.23 bits per heavy atom. The molecule has 0 atom stereocenters. The third-order valence-electron chi connectivity index (χ3n) is 5.64. The summed E-state index contributed by atoms with van der Waals surface area (Å²) in [4.78, 5) is 11.2. The topological polar surface area (TPSA) is 60.6 Å². The summed E-state index contributed by atoms with van der Waals surface area (Å²) in [6.45, 7) is 6.90. The smallest absolute Gasteiger partial charge is 0.281 e. The van der Waals surface area contributed by atoms with Crippen LogP contribution in [0.3, 0.4) is 0 Å². The molecular weight excluding hydrogens is 398 g/mol. The molecule has 156 valence electrons. The lowest BCUT2D eigenvalue weighted by molar-refractivity contribution is 0.0724. The zero-order valence-electron chi connectivity index (χ0n) is 17.0. The summed E-state index contributed by atoms with van der Waals surface area (Å²) in [7, 11) is 0. The number of thiazole rings is 1. The van der Waals surface area contributed by atoms with E-state index < -0.39 is 0 Å². The van der Waals surface area contributed by atoms with Crippen molar-refractivity contribution in [2.75, 3.05) is 26.3 Å². The first-order valence-electron chi connectivity index (χ1n) is 10.5. The van der Waals surface area contributed by atoms with E-state index in [0.29, 0.717) is 16.8 Å². The molecule has 1 aliphatic heterocycles. The van der Waals surface area contributed by atoms with Gasteiger partial charge in [0.25, 0.3) is 5.19 Å². The van der Waals surface area contributed by atoms with Gasteiger partial charge in [0, 0.05) is 43.0 Å². The fourth-order valence-electron chi connectivity index (χ4n) is 3.98. The molecule has 1 fully saturated rings. The van der Waals surface area contributed by atoms with Crippen LogP contribution in [0, 0.1) is 5.92 Å². The van der Waals surface area contributed by atoms with E-state index in [1.807, 2.05) is 30.5 Å². The molecule has 1 aromatic carbocycles. The average molecular weight is 424 g/mol. The fourth-order valence-corrected chi connectivity index (χ4v) is 4.77. The molecule has 0 amide bonds. The van der Waals surface area contributed by atoms with Crippen LogP contribution in [0.4, 0.5) is 0 Å². The van der Waals surface area contributed by atoms with Crippen LogP contribution in [0.5, 0.6) is 10.9 Å². The number of hydrogen-bond donors (Lipinski definition) is 0. The van der Waals surface area contributed by atoms with Crippen molar-refractivity contribution >= 4 is 32.7 Å². The standard InChI is InChI=1S/C23H25N3O3S/c1-2-27-14-16-7-10-26(11-8-16)13-17-15-28-20-12-18(5-6-19(17)20)29-23-25-22-21(30-23)4-3-9-24-22/h3-6,9,12,15-16H,2,7-8,10-11,13-14H2,1H3. The number of fused-ring (bicyclic) bond motifs is 2.